The predicted octanol–water partition coefficient (Wildman–Crippen LogP) is 2.26. The van der Waals surface area contributed by atoms with Crippen LogP contribution >= 0.6 is 0 Å². The van der Waals surface area contributed by atoms with E-state index in [1.54, 1.807) is 43.5 Å². The quantitative estimate of drug-likeness (QED) is 0.731. The van der Waals surface area contributed by atoms with Gasteiger partial charge in [0.1, 0.15) is 23.4 Å². The van der Waals surface area contributed by atoms with Gasteiger partial charge in [-0.25, -0.2) is 0 Å². The molecule has 0 aromatic heterocycles. The highest BCUT2D eigenvalue weighted by molar-refractivity contribution is 5.30. The lowest BCUT2D eigenvalue weighted by atomic mass is 10.0. The number of methoxy groups -OCH3 is 1. The van der Waals surface area contributed by atoms with Crippen molar-refractivity contribution in [3.8, 4) is 17.2 Å². The Morgan fingerprint density at radius 1 is 0.909 bits per heavy atom. The first-order chi connectivity index (χ1) is 10.6. The van der Waals surface area contributed by atoms with Crippen molar-refractivity contribution in [1.29, 1.82) is 0 Å². The molecule has 5 heteroatoms. The van der Waals surface area contributed by atoms with Crippen molar-refractivity contribution in [2.24, 2.45) is 0 Å². The lowest BCUT2D eigenvalue weighted by molar-refractivity contribution is 0.00611. The van der Waals surface area contributed by atoms with Crippen molar-refractivity contribution in [1.82, 2.24) is 0 Å². The summed E-state index contributed by atoms with van der Waals surface area (Å²) < 4.78 is 10.5. The zero-order valence-corrected chi connectivity index (χ0v) is 12.3. The number of aliphatic hydroxyl groups is 2. The molecule has 0 saturated heterocycles. The van der Waals surface area contributed by atoms with Crippen LogP contribution in [0.15, 0.2) is 48.5 Å². The molecule has 5 nitrogen and oxygen atoms in total. The summed E-state index contributed by atoms with van der Waals surface area (Å²) in [5, 5.41) is 29.3. The normalized spacial score (nSPS) is 13.4. The zero-order valence-electron chi connectivity index (χ0n) is 12.3. The predicted molar refractivity (Wildman–Crippen MR) is 82.2 cm³/mol. The third-order valence-corrected chi connectivity index (χ3v) is 3.34. The van der Waals surface area contributed by atoms with Gasteiger partial charge in [-0.1, -0.05) is 12.1 Å². The fourth-order valence-corrected chi connectivity index (χ4v) is 2.02. The molecule has 0 aliphatic heterocycles. The van der Waals surface area contributed by atoms with E-state index in [0.29, 0.717) is 17.1 Å². The maximum Gasteiger partial charge on any atom is 0.119 e. The van der Waals surface area contributed by atoms with Gasteiger partial charge in [0.05, 0.1) is 19.8 Å². The Kier molecular flexibility index (Phi) is 5.63. The molecule has 3 N–H and O–H groups in total. The number of phenolic OH excluding ortho intramolecular Hbond substituents is 1. The lowest BCUT2D eigenvalue weighted by Crippen LogP contribution is -2.21. The number of hydrogen-bond donors (Lipinski definition) is 3. The topological polar surface area (TPSA) is 79.2 Å². The maximum atomic E-state index is 10.1. The average molecular weight is 304 g/mol. The van der Waals surface area contributed by atoms with Crippen LogP contribution in [0.2, 0.25) is 0 Å². The smallest absolute Gasteiger partial charge is 0.119 e. The van der Waals surface area contributed by atoms with Crippen LogP contribution in [-0.2, 0) is 0 Å². The van der Waals surface area contributed by atoms with Crippen LogP contribution in [0, 0.1) is 0 Å². The summed E-state index contributed by atoms with van der Waals surface area (Å²) >= 11 is 0. The maximum absolute atomic E-state index is 10.1. The first-order valence-electron chi connectivity index (χ1n) is 7.02. The van der Waals surface area contributed by atoms with Gasteiger partial charge in [-0.2, -0.15) is 0 Å². The first kappa shape index (κ1) is 16.1. The van der Waals surface area contributed by atoms with E-state index >= 15 is 0 Å². The van der Waals surface area contributed by atoms with E-state index in [0.717, 1.165) is 0 Å². The van der Waals surface area contributed by atoms with Gasteiger partial charge in [-0.15, -0.1) is 0 Å². The Bertz CT molecular complexity index is 565. The minimum atomic E-state index is -0.977. The molecule has 118 valence electrons. The van der Waals surface area contributed by atoms with Crippen LogP contribution < -0.4 is 9.47 Å². The Morgan fingerprint density at radius 3 is 2.09 bits per heavy atom. The van der Waals surface area contributed by atoms with Crippen molar-refractivity contribution >= 4 is 0 Å². The summed E-state index contributed by atoms with van der Waals surface area (Å²) in [5.74, 6) is 1.47. The van der Waals surface area contributed by atoms with E-state index in [4.69, 9.17) is 14.6 Å². The van der Waals surface area contributed by atoms with E-state index in [-0.39, 0.29) is 18.8 Å². The Morgan fingerprint density at radius 2 is 1.50 bits per heavy atom. The molecule has 2 aromatic rings. The van der Waals surface area contributed by atoms with Crippen LogP contribution in [0.1, 0.15) is 18.1 Å². The van der Waals surface area contributed by atoms with E-state index in [1.807, 2.05) is 0 Å². The van der Waals surface area contributed by atoms with E-state index in [2.05, 4.69) is 0 Å². The average Bonchev–Trinajstić information content (AvgIpc) is 2.56. The number of rotatable bonds is 7. The summed E-state index contributed by atoms with van der Waals surface area (Å²) in [4.78, 5) is 0. The molecule has 0 bridgehead atoms. The van der Waals surface area contributed by atoms with E-state index in [1.165, 1.54) is 12.1 Å². The fraction of sp³-hybridized carbons (Fsp3) is 0.294. The molecular formula is C17H20O5. The van der Waals surface area contributed by atoms with Crippen molar-refractivity contribution in [2.45, 2.75) is 18.6 Å². The molecule has 2 atom stereocenters. The van der Waals surface area contributed by atoms with Gasteiger partial charge >= 0.3 is 0 Å². The molecule has 0 aliphatic carbocycles. The number of hydrogen-bond acceptors (Lipinski definition) is 5. The van der Waals surface area contributed by atoms with Crippen LogP contribution in [0.3, 0.4) is 0 Å². The summed E-state index contributed by atoms with van der Waals surface area (Å²) in [6, 6.07) is 13.2. The highest BCUT2D eigenvalue weighted by Crippen LogP contribution is 2.22. The second kappa shape index (κ2) is 7.68. The molecule has 0 fully saturated rings. The molecular weight excluding hydrogens is 284 g/mol. The van der Waals surface area contributed by atoms with Gasteiger partial charge in [-0.05, 0) is 42.0 Å². The standard InChI is InChI=1S/C17H20O5/c1-21-14-6-2-12(3-7-14)17(20)16(19)10-11-22-15-8-4-13(18)5-9-15/h2-9,16-20H,10-11H2,1H3/t16-,17+/m1/s1. The highest BCUT2D eigenvalue weighted by atomic mass is 16.5. The molecule has 2 rings (SSSR count). The SMILES string of the molecule is COc1ccc([C@H](O)[C@H](O)CCOc2ccc(O)cc2)cc1. The molecule has 0 aliphatic rings. The molecule has 0 unspecified atom stereocenters. The van der Waals surface area contributed by atoms with Gasteiger partial charge in [0.25, 0.3) is 0 Å². The van der Waals surface area contributed by atoms with E-state index < -0.39 is 12.2 Å². The van der Waals surface area contributed by atoms with Crippen molar-refractivity contribution in [3.63, 3.8) is 0 Å². The van der Waals surface area contributed by atoms with E-state index in [9.17, 15) is 10.2 Å². The minimum absolute atomic E-state index is 0.169. The molecule has 0 saturated carbocycles. The largest absolute Gasteiger partial charge is 0.508 e. The highest BCUT2D eigenvalue weighted by Gasteiger charge is 2.18. The first-order valence-corrected chi connectivity index (χ1v) is 7.02. The van der Waals surface area contributed by atoms with Crippen LogP contribution in [0.5, 0.6) is 17.2 Å². The molecule has 22 heavy (non-hydrogen) atoms. The van der Waals surface area contributed by atoms with Crippen LogP contribution in [0.25, 0.3) is 0 Å². The third kappa shape index (κ3) is 4.38. The monoisotopic (exact) mass is 304 g/mol. The Hall–Kier alpha value is -2.24. The van der Waals surface area contributed by atoms with Gasteiger partial charge in [0.15, 0.2) is 0 Å². The van der Waals surface area contributed by atoms with Crippen LogP contribution in [-0.4, -0.2) is 35.1 Å². The Labute approximate surface area is 129 Å². The third-order valence-electron chi connectivity index (χ3n) is 3.34. The molecule has 2 aromatic carbocycles. The summed E-state index contributed by atoms with van der Waals surface area (Å²) in [6.45, 7) is 0.263. The molecule has 0 heterocycles. The van der Waals surface area contributed by atoms with Crippen LogP contribution in [0.4, 0.5) is 0 Å². The molecule has 0 spiro atoms. The number of ether oxygens (including phenoxy) is 2. The van der Waals surface area contributed by atoms with Gasteiger partial charge in [0, 0.05) is 6.42 Å². The minimum Gasteiger partial charge on any atom is -0.508 e. The summed E-state index contributed by atoms with van der Waals surface area (Å²) in [6.07, 6.45) is -1.62. The number of benzene rings is 2. The van der Waals surface area contributed by atoms with Crippen molar-refractivity contribution in [3.05, 3.63) is 54.1 Å². The lowest BCUT2D eigenvalue weighted by Gasteiger charge is -2.18. The molecule has 0 radical (unpaired) electrons. The zero-order chi connectivity index (χ0) is 15.9. The fourth-order valence-electron chi connectivity index (χ4n) is 2.02. The molecule has 0 amide bonds. The number of aromatic hydroxyl groups is 1. The van der Waals surface area contributed by atoms with Gasteiger partial charge in [0.2, 0.25) is 0 Å². The Balaban J connectivity index is 1.82. The van der Waals surface area contributed by atoms with Crippen molar-refractivity contribution < 1.29 is 24.8 Å². The number of aliphatic hydroxyl groups excluding tert-OH is 2. The summed E-state index contributed by atoms with van der Waals surface area (Å²) in [7, 11) is 1.57. The van der Waals surface area contributed by atoms with Crippen molar-refractivity contribution in [2.75, 3.05) is 13.7 Å². The van der Waals surface area contributed by atoms with Gasteiger partial charge < -0.3 is 24.8 Å². The summed E-state index contributed by atoms with van der Waals surface area (Å²) in [5.41, 5.74) is 0.623. The second-order valence-electron chi connectivity index (χ2n) is 4.92. The second-order valence-corrected chi connectivity index (χ2v) is 4.92. The van der Waals surface area contributed by atoms with Gasteiger partial charge in [-0.3, -0.25) is 0 Å². The number of phenols is 1.